The molecule has 0 saturated carbocycles. The highest BCUT2D eigenvalue weighted by atomic mass is 16.3. The van der Waals surface area contributed by atoms with E-state index < -0.39 is 5.60 Å². The van der Waals surface area contributed by atoms with Gasteiger partial charge < -0.3 is 10.0 Å². The van der Waals surface area contributed by atoms with Gasteiger partial charge in [0.05, 0.1) is 5.60 Å². The predicted octanol–water partition coefficient (Wildman–Crippen LogP) is -0.00660. The molecule has 0 bridgehead atoms. The van der Waals surface area contributed by atoms with Gasteiger partial charge in [0.15, 0.2) is 0 Å². The number of β-amino-alcohol motifs (C(OH)–C–C–N with tert-alkyl or cyclic N) is 1. The molecular formula is C11H23N3O2. The average molecular weight is 229 g/mol. The maximum Gasteiger partial charge on any atom is 0.233 e. The normalized spacial score (nSPS) is 26.7. The summed E-state index contributed by atoms with van der Waals surface area (Å²) in [5.41, 5.74) is 1.59. The van der Waals surface area contributed by atoms with Crippen molar-refractivity contribution in [3.8, 4) is 0 Å². The summed E-state index contributed by atoms with van der Waals surface area (Å²) in [5, 5.41) is 9.91. The van der Waals surface area contributed by atoms with Crippen LogP contribution in [-0.4, -0.2) is 41.1 Å². The van der Waals surface area contributed by atoms with Crippen LogP contribution in [0.4, 0.5) is 0 Å². The molecule has 1 aliphatic rings. The molecule has 1 atom stereocenters. The van der Waals surface area contributed by atoms with Crippen LogP contribution in [0.1, 0.15) is 39.0 Å². The molecule has 0 radical (unpaired) electrons. The monoisotopic (exact) mass is 229 g/mol. The molecule has 0 aliphatic carbocycles. The van der Waals surface area contributed by atoms with Gasteiger partial charge in [-0.2, -0.15) is 0 Å². The van der Waals surface area contributed by atoms with Crippen molar-refractivity contribution >= 4 is 5.91 Å². The zero-order valence-electron chi connectivity index (χ0n) is 10.0. The van der Waals surface area contributed by atoms with Crippen LogP contribution < -0.4 is 11.3 Å². The Morgan fingerprint density at radius 3 is 2.94 bits per heavy atom. The van der Waals surface area contributed by atoms with Crippen LogP contribution in [0.3, 0.4) is 0 Å². The second-order valence-corrected chi connectivity index (χ2v) is 4.90. The molecule has 1 unspecified atom stereocenters. The highest BCUT2D eigenvalue weighted by molar-refractivity contribution is 5.75. The summed E-state index contributed by atoms with van der Waals surface area (Å²) in [5.74, 6) is 4.88. The molecule has 1 heterocycles. The van der Waals surface area contributed by atoms with Crippen LogP contribution >= 0.6 is 0 Å². The third kappa shape index (κ3) is 4.92. The van der Waals surface area contributed by atoms with E-state index in [-0.39, 0.29) is 5.91 Å². The number of nitrogens with two attached hydrogens (primary N) is 1. The number of likely N-dealkylation sites (tertiary alicyclic amines) is 1. The molecule has 0 aromatic rings. The third-order valence-corrected chi connectivity index (χ3v) is 3.04. The molecule has 16 heavy (non-hydrogen) atoms. The number of hydrogen-bond acceptors (Lipinski definition) is 4. The number of rotatable bonds is 5. The van der Waals surface area contributed by atoms with E-state index in [1.807, 2.05) is 6.92 Å². The van der Waals surface area contributed by atoms with Crippen LogP contribution in [0, 0.1) is 0 Å². The summed E-state index contributed by atoms with van der Waals surface area (Å²) in [6, 6.07) is 0. The van der Waals surface area contributed by atoms with E-state index in [2.05, 4.69) is 10.3 Å². The Labute approximate surface area is 97.0 Å². The number of amides is 1. The number of hydrogen-bond donors (Lipinski definition) is 3. The fourth-order valence-corrected chi connectivity index (χ4v) is 2.21. The average Bonchev–Trinajstić information content (AvgIpc) is 2.22. The molecule has 1 saturated heterocycles. The molecule has 1 amide bonds. The first-order valence-corrected chi connectivity index (χ1v) is 5.98. The summed E-state index contributed by atoms with van der Waals surface area (Å²) < 4.78 is 0. The SMILES string of the molecule is CC1(O)CCCN(CCCCC(=O)NN)C1. The zero-order chi connectivity index (χ0) is 12.0. The lowest BCUT2D eigenvalue weighted by Crippen LogP contribution is -2.46. The van der Waals surface area contributed by atoms with Crippen molar-refractivity contribution < 1.29 is 9.90 Å². The number of unbranched alkanes of at least 4 members (excludes halogenated alkanes) is 1. The van der Waals surface area contributed by atoms with Crippen molar-refractivity contribution in [1.82, 2.24) is 10.3 Å². The fourth-order valence-electron chi connectivity index (χ4n) is 2.21. The van der Waals surface area contributed by atoms with E-state index in [4.69, 9.17) is 5.84 Å². The van der Waals surface area contributed by atoms with Gasteiger partial charge in [0.2, 0.25) is 5.91 Å². The highest BCUT2D eigenvalue weighted by Gasteiger charge is 2.27. The minimum Gasteiger partial charge on any atom is -0.389 e. The lowest BCUT2D eigenvalue weighted by Gasteiger charge is -2.36. The van der Waals surface area contributed by atoms with Crippen molar-refractivity contribution in [1.29, 1.82) is 0 Å². The Hall–Kier alpha value is -0.650. The van der Waals surface area contributed by atoms with Gasteiger partial charge in [-0.1, -0.05) is 0 Å². The Kier molecular flexibility index (Phi) is 5.18. The Balaban J connectivity index is 2.11. The molecular weight excluding hydrogens is 206 g/mol. The number of carbonyl (C=O) groups excluding carboxylic acids is 1. The molecule has 0 aromatic heterocycles. The maximum absolute atomic E-state index is 10.9. The topological polar surface area (TPSA) is 78.6 Å². The summed E-state index contributed by atoms with van der Waals surface area (Å²) in [6.45, 7) is 4.64. The lowest BCUT2D eigenvalue weighted by atomic mass is 9.95. The molecule has 0 aromatic carbocycles. The Bertz CT molecular complexity index is 231. The van der Waals surface area contributed by atoms with Gasteiger partial charge in [-0.25, -0.2) is 5.84 Å². The second kappa shape index (κ2) is 6.18. The van der Waals surface area contributed by atoms with Gasteiger partial charge in [-0.3, -0.25) is 10.2 Å². The molecule has 94 valence electrons. The van der Waals surface area contributed by atoms with Gasteiger partial charge in [0.1, 0.15) is 0 Å². The maximum atomic E-state index is 10.9. The van der Waals surface area contributed by atoms with Crippen LogP contribution in [0.15, 0.2) is 0 Å². The molecule has 5 heteroatoms. The first-order valence-electron chi connectivity index (χ1n) is 5.98. The van der Waals surface area contributed by atoms with E-state index >= 15 is 0 Å². The molecule has 4 N–H and O–H groups in total. The summed E-state index contributed by atoms with van der Waals surface area (Å²) in [4.78, 5) is 13.1. The minimum absolute atomic E-state index is 0.106. The van der Waals surface area contributed by atoms with E-state index in [0.29, 0.717) is 6.42 Å². The van der Waals surface area contributed by atoms with Gasteiger partial charge in [-0.15, -0.1) is 0 Å². The molecule has 1 rings (SSSR count). The van der Waals surface area contributed by atoms with Gasteiger partial charge in [-0.05, 0) is 45.7 Å². The predicted molar refractivity (Wildman–Crippen MR) is 62.5 cm³/mol. The number of carbonyl (C=O) groups is 1. The zero-order valence-corrected chi connectivity index (χ0v) is 10.0. The molecule has 5 nitrogen and oxygen atoms in total. The summed E-state index contributed by atoms with van der Waals surface area (Å²) >= 11 is 0. The van der Waals surface area contributed by atoms with Crippen LogP contribution in [0.25, 0.3) is 0 Å². The van der Waals surface area contributed by atoms with Gasteiger partial charge in [0, 0.05) is 13.0 Å². The lowest BCUT2D eigenvalue weighted by molar-refractivity contribution is -0.121. The van der Waals surface area contributed by atoms with Crippen molar-refractivity contribution in [2.24, 2.45) is 5.84 Å². The van der Waals surface area contributed by atoms with E-state index in [0.717, 1.165) is 45.3 Å². The second-order valence-electron chi connectivity index (χ2n) is 4.90. The van der Waals surface area contributed by atoms with Crippen LogP contribution in [0.2, 0.25) is 0 Å². The van der Waals surface area contributed by atoms with Gasteiger partial charge >= 0.3 is 0 Å². The number of aliphatic hydroxyl groups is 1. The van der Waals surface area contributed by atoms with Gasteiger partial charge in [0.25, 0.3) is 0 Å². The summed E-state index contributed by atoms with van der Waals surface area (Å²) in [6.07, 6.45) is 4.25. The number of nitrogens with one attached hydrogen (secondary N) is 1. The smallest absolute Gasteiger partial charge is 0.233 e. The van der Waals surface area contributed by atoms with E-state index in [9.17, 15) is 9.90 Å². The number of piperidine rings is 1. The molecule has 0 spiro atoms. The Morgan fingerprint density at radius 2 is 2.31 bits per heavy atom. The largest absolute Gasteiger partial charge is 0.389 e. The Morgan fingerprint density at radius 1 is 1.56 bits per heavy atom. The quantitative estimate of drug-likeness (QED) is 0.268. The summed E-state index contributed by atoms with van der Waals surface area (Å²) in [7, 11) is 0. The molecule has 1 fully saturated rings. The minimum atomic E-state index is -0.535. The van der Waals surface area contributed by atoms with E-state index in [1.54, 1.807) is 0 Å². The fraction of sp³-hybridized carbons (Fsp3) is 0.909. The number of nitrogens with zero attached hydrogens (tertiary/aromatic N) is 1. The molecule has 1 aliphatic heterocycles. The first kappa shape index (κ1) is 13.4. The standard InChI is InChI=1S/C11H23N3O2/c1-11(16)6-4-8-14(9-11)7-3-2-5-10(15)13-12/h16H,2-9,12H2,1H3,(H,13,15). The highest BCUT2D eigenvalue weighted by Crippen LogP contribution is 2.20. The third-order valence-electron chi connectivity index (χ3n) is 3.04. The van der Waals surface area contributed by atoms with E-state index in [1.165, 1.54) is 0 Å². The first-order chi connectivity index (χ1) is 7.53. The van der Waals surface area contributed by atoms with Crippen LogP contribution in [0.5, 0.6) is 0 Å². The van der Waals surface area contributed by atoms with Crippen molar-refractivity contribution in [3.63, 3.8) is 0 Å². The van der Waals surface area contributed by atoms with Crippen LogP contribution in [-0.2, 0) is 4.79 Å². The van der Waals surface area contributed by atoms with Crippen molar-refractivity contribution in [2.45, 2.75) is 44.6 Å². The van der Waals surface area contributed by atoms with Crippen molar-refractivity contribution in [3.05, 3.63) is 0 Å². The van der Waals surface area contributed by atoms with Crippen molar-refractivity contribution in [2.75, 3.05) is 19.6 Å². The number of hydrazine groups is 1.